The van der Waals surface area contributed by atoms with Crippen molar-refractivity contribution in [3.8, 4) is 0 Å². The summed E-state index contributed by atoms with van der Waals surface area (Å²) in [6, 6.07) is 0.273. The second kappa shape index (κ2) is 26.3. The number of aliphatic hydroxyl groups excluding tert-OH is 5. The number of hydrogen-bond acceptors (Lipinski definition) is 8. The van der Waals surface area contributed by atoms with Gasteiger partial charge in [0.1, 0.15) is 24.1 Å². The highest BCUT2D eigenvalue weighted by molar-refractivity contribution is 5.83. The molecule has 0 radical (unpaired) electrons. The van der Waals surface area contributed by atoms with Gasteiger partial charge in [-0.1, -0.05) is 97.8 Å². The van der Waals surface area contributed by atoms with Crippen LogP contribution in [0.1, 0.15) is 136 Å². The fourth-order valence-corrected chi connectivity index (χ4v) is 4.98. The van der Waals surface area contributed by atoms with Gasteiger partial charge in [-0.2, -0.15) is 0 Å². The molecule has 0 fully saturated rings. The van der Waals surface area contributed by atoms with Gasteiger partial charge in [0.05, 0.1) is 18.8 Å². The molecule has 8 nitrogen and oxygen atoms in total. The Morgan fingerprint density at radius 2 is 1.15 bits per heavy atom. The molecule has 7 N–H and O–H groups in total. The second-order valence-electron chi connectivity index (χ2n) is 11.4. The van der Waals surface area contributed by atoms with Gasteiger partial charge in [0, 0.05) is 19.0 Å². The lowest BCUT2D eigenvalue weighted by Gasteiger charge is -2.26. The minimum absolute atomic E-state index is 0.0611. The molecule has 39 heavy (non-hydrogen) atoms. The molecule has 0 aromatic heterocycles. The zero-order chi connectivity index (χ0) is 29.3. The Morgan fingerprint density at radius 3 is 1.69 bits per heavy atom. The Kier molecular flexibility index (Phi) is 25.9. The van der Waals surface area contributed by atoms with Crippen molar-refractivity contribution in [2.45, 2.75) is 173 Å². The summed E-state index contributed by atoms with van der Waals surface area (Å²) in [5.74, 6) is 0.321. The molecule has 0 aliphatic heterocycles. The smallest absolute Gasteiger partial charge is 0.149 e. The van der Waals surface area contributed by atoms with Gasteiger partial charge >= 0.3 is 0 Å². The summed E-state index contributed by atoms with van der Waals surface area (Å²) < 4.78 is 0. The van der Waals surface area contributed by atoms with E-state index in [1.165, 1.54) is 64.2 Å². The third-order valence-corrected chi connectivity index (χ3v) is 7.69. The van der Waals surface area contributed by atoms with Crippen molar-refractivity contribution in [2.75, 3.05) is 19.7 Å². The SMILES string of the molecule is CCCCCCCC(CCCCCCC)N[C@@H](CCCCNCC(O)C(O)C(O)C(O)CO)C(=O)CCCC. The highest BCUT2D eigenvalue weighted by atomic mass is 16.4. The molecule has 0 heterocycles. The third-order valence-electron chi connectivity index (χ3n) is 7.69. The van der Waals surface area contributed by atoms with Crippen LogP contribution in [0.25, 0.3) is 0 Å². The monoisotopic (exact) mass is 560 g/mol. The molecule has 5 atom stereocenters. The summed E-state index contributed by atoms with van der Waals surface area (Å²) in [7, 11) is 0. The van der Waals surface area contributed by atoms with Crippen molar-refractivity contribution in [1.82, 2.24) is 10.6 Å². The molecule has 0 aromatic rings. The van der Waals surface area contributed by atoms with Crippen LogP contribution in [0.2, 0.25) is 0 Å². The van der Waals surface area contributed by atoms with E-state index < -0.39 is 31.0 Å². The number of carbonyl (C=O) groups excluding carboxylic acids is 1. The summed E-state index contributed by atoms with van der Waals surface area (Å²) >= 11 is 0. The number of aliphatic hydroxyl groups is 5. The van der Waals surface area contributed by atoms with Gasteiger partial charge in [-0.15, -0.1) is 0 Å². The Morgan fingerprint density at radius 1 is 0.641 bits per heavy atom. The standard InChI is InChI=1S/C31H64N2O6/c1-4-7-10-12-14-18-25(19-15-13-11-8-5-2)33-26(27(35)21-9-6-3)20-16-17-22-32-23-28(36)30(38)31(39)29(37)24-34/h25-26,28-34,36-39H,4-24H2,1-3H3/t26-,28?,29?,30?,31?/m0/s1. The minimum Gasteiger partial charge on any atom is -0.394 e. The summed E-state index contributed by atoms with van der Waals surface area (Å²) in [6.45, 7) is 6.57. The Hall–Kier alpha value is -0.610. The van der Waals surface area contributed by atoms with E-state index >= 15 is 0 Å². The molecule has 0 aromatic carbocycles. The molecular weight excluding hydrogens is 496 g/mol. The zero-order valence-electron chi connectivity index (χ0n) is 25.5. The highest BCUT2D eigenvalue weighted by Gasteiger charge is 2.29. The minimum atomic E-state index is -1.61. The lowest BCUT2D eigenvalue weighted by molar-refractivity contribution is -0.121. The first kappa shape index (κ1) is 38.4. The van der Waals surface area contributed by atoms with Crippen LogP contribution < -0.4 is 10.6 Å². The molecule has 0 rings (SSSR count). The van der Waals surface area contributed by atoms with Crippen LogP contribution in [0.15, 0.2) is 0 Å². The molecule has 0 saturated heterocycles. The average Bonchev–Trinajstić information content (AvgIpc) is 2.94. The van der Waals surface area contributed by atoms with Crippen molar-refractivity contribution < 1.29 is 30.3 Å². The van der Waals surface area contributed by atoms with Gasteiger partial charge in [0.2, 0.25) is 0 Å². The van der Waals surface area contributed by atoms with E-state index in [-0.39, 0.29) is 12.6 Å². The lowest BCUT2D eigenvalue weighted by Crippen LogP contribution is -2.49. The first-order chi connectivity index (χ1) is 18.8. The van der Waals surface area contributed by atoms with Crippen LogP contribution in [0.3, 0.4) is 0 Å². The fraction of sp³-hybridized carbons (Fsp3) is 0.968. The van der Waals surface area contributed by atoms with Crippen LogP contribution in [0, 0.1) is 0 Å². The van der Waals surface area contributed by atoms with E-state index in [0.29, 0.717) is 24.8 Å². The number of nitrogens with one attached hydrogen (secondary N) is 2. The first-order valence-electron chi connectivity index (χ1n) is 16.1. The number of Topliss-reactive ketones (excluding diaryl/α,β-unsaturated/α-hetero) is 1. The summed E-state index contributed by atoms with van der Waals surface area (Å²) in [6.07, 6.45) is 14.0. The normalized spacial score (nSPS) is 15.8. The summed E-state index contributed by atoms with van der Waals surface area (Å²) in [5, 5.41) is 54.9. The molecule has 0 amide bonds. The molecule has 8 heteroatoms. The topological polar surface area (TPSA) is 142 Å². The van der Waals surface area contributed by atoms with Crippen LogP contribution in [-0.2, 0) is 4.79 Å². The number of ketones is 1. The van der Waals surface area contributed by atoms with Gasteiger partial charge < -0.3 is 36.2 Å². The molecule has 0 bridgehead atoms. The quantitative estimate of drug-likeness (QED) is 0.0681. The van der Waals surface area contributed by atoms with Gasteiger partial charge in [-0.3, -0.25) is 4.79 Å². The van der Waals surface area contributed by atoms with Crippen molar-refractivity contribution in [2.24, 2.45) is 0 Å². The maximum Gasteiger partial charge on any atom is 0.149 e. The van der Waals surface area contributed by atoms with E-state index in [1.807, 2.05) is 0 Å². The Labute approximate surface area is 239 Å². The van der Waals surface area contributed by atoms with E-state index in [9.17, 15) is 25.2 Å². The fourth-order valence-electron chi connectivity index (χ4n) is 4.98. The van der Waals surface area contributed by atoms with E-state index in [0.717, 1.165) is 44.9 Å². The van der Waals surface area contributed by atoms with Crippen molar-refractivity contribution in [1.29, 1.82) is 0 Å². The van der Waals surface area contributed by atoms with Crippen molar-refractivity contribution in [3.63, 3.8) is 0 Å². The van der Waals surface area contributed by atoms with Gasteiger partial charge in [-0.25, -0.2) is 0 Å². The van der Waals surface area contributed by atoms with E-state index in [1.54, 1.807) is 0 Å². The number of rotatable bonds is 29. The predicted molar refractivity (Wildman–Crippen MR) is 160 cm³/mol. The number of carbonyl (C=O) groups is 1. The zero-order valence-corrected chi connectivity index (χ0v) is 25.5. The maximum absolute atomic E-state index is 13.1. The largest absolute Gasteiger partial charge is 0.394 e. The molecule has 4 unspecified atom stereocenters. The van der Waals surface area contributed by atoms with Crippen LogP contribution in [-0.4, -0.2) is 87.5 Å². The number of unbranched alkanes of at least 4 members (excludes halogenated alkanes) is 10. The highest BCUT2D eigenvalue weighted by Crippen LogP contribution is 2.17. The van der Waals surface area contributed by atoms with Gasteiger partial charge in [-0.05, 0) is 38.6 Å². The average molecular weight is 561 g/mol. The van der Waals surface area contributed by atoms with E-state index in [2.05, 4.69) is 31.4 Å². The molecular formula is C31H64N2O6. The number of hydrogen-bond donors (Lipinski definition) is 7. The second-order valence-corrected chi connectivity index (χ2v) is 11.4. The van der Waals surface area contributed by atoms with E-state index in [4.69, 9.17) is 5.11 Å². The molecule has 0 aliphatic rings. The lowest BCUT2D eigenvalue weighted by atomic mass is 9.96. The van der Waals surface area contributed by atoms with Gasteiger partial charge in [0.25, 0.3) is 0 Å². The van der Waals surface area contributed by atoms with Crippen molar-refractivity contribution >= 4 is 5.78 Å². The maximum atomic E-state index is 13.1. The van der Waals surface area contributed by atoms with Crippen LogP contribution >= 0.6 is 0 Å². The summed E-state index contributed by atoms with van der Waals surface area (Å²) in [4.78, 5) is 13.1. The third kappa shape index (κ3) is 20.0. The predicted octanol–water partition coefficient (Wildman–Crippen LogP) is 3.99. The Bertz CT molecular complexity index is 539. The van der Waals surface area contributed by atoms with Crippen molar-refractivity contribution in [3.05, 3.63) is 0 Å². The molecule has 0 spiro atoms. The Balaban J connectivity index is 4.75. The van der Waals surface area contributed by atoms with Crippen LogP contribution in [0.4, 0.5) is 0 Å². The molecule has 0 saturated carbocycles. The summed E-state index contributed by atoms with van der Waals surface area (Å²) in [5.41, 5.74) is 0. The van der Waals surface area contributed by atoms with Gasteiger partial charge in [0.15, 0.2) is 0 Å². The first-order valence-corrected chi connectivity index (χ1v) is 16.1. The van der Waals surface area contributed by atoms with Crippen LogP contribution in [0.5, 0.6) is 0 Å². The molecule has 0 aliphatic carbocycles. The molecule has 234 valence electrons.